The molecule has 0 N–H and O–H groups in total. The van der Waals surface area contributed by atoms with Gasteiger partial charge in [0.25, 0.3) is 0 Å². The number of para-hydroxylation sites is 2. The van der Waals surface area contributed by atoms with Gasteiger partial charge in [0.1, 0.15) is 6.61 Å². The van der Waals surface area contributed by atoms with Gasteiger partial charge in [-0.3, -0.25) is 0 Å². The minimum atomic E-state index is -0.0296. The summed E-state index contributed by atoms with van der Waals surface area (Å²) in [5.74, 6) is 1.63. The summed E-state index contributed by atoms with van der Waals surface area (Å²) in [7, 11) is 0. The first-order valence-corrected chi connectivity index (χ1v) is 6.26. The quantitative estimate of drug-likeness (QED) is 0.791. The molecule has 3 heteroatoms. The first kappa shape index (κ1) is 10.7. The molecule has 0 saturated carbocycles. The van der Waals surface area contributed by atoms with E-state index in [0.717, 1.165) is 21.5 Å². The lowest BCUT2D eigenvalue weighted by atomic mass is 10.1. The highest BCUT2D eigenvalue weighted by Crippen LogP contribution is 2.35. The highest BCUT2D eigenvalue weighted by molar-refractivity contribution is 9.10. The third-order valence-electron chi connectivity index (χ3n) is 2.75. The molecule has 0 aromatic heterocycles. The fraction of sp³-hybridized carbons (Fsp3) is 0.143. The maximum Gasteiger partial charge on any atom is 0.162 e. The van der Waals surface area contributed by atoms with Crippen molar-refractivity contribution in [2.45, 2.75) is 6.10 Å². The van der Waals surface area contributed by atoms with Crippen molar-refractivity contribution in [2.75, 3.05) is 6.61 Å². The molecule has 2 aromatic carbocycles. The summed E-state index contributed by atoms with van der Waals surface area (Å²) >= 11 is 3.42. The third-order valence-corrected chi connectivity index (χ3v) is 3.28. The van der Waals surface area contributed by atoms with Crippen LogP contribution in [0.15, 0.2) is 53.0 Å². The van der Waals surface area contributed by atoms with Crippen LogP contribution < -0.4 is 9.47 Å². The molecule has 1 aliphatic rings. The van der Waals surface area contributed by atoms with Gasteiger partial charge in [-0.25, -0.2) is 0 Å². The smallest absolute Gasteiger partial charge is 0.162 e. The van der Waals surface area contributed by atoms with Crippen LogP contribution in [0.5, 0.6) is 11.5 Å². The fourth-order valence-electron chi connectivity index (χ4n) is 1.86. The number of ether oxygens (including phenoxy) is 2. The molecule has 17 heavy (non-hydrogen) atoms. The number of benzene rings is 2. The Morgan fingerprint density at radius 3 is 2.41 bits per heavy atom. The molecule has 3 rings (SSSR count). The highest BCUT2D eigenvalue weighted by atomic mass is 79.9. The van der Waals surface area contributed by atoms with Gasteiger partial charge in [0, 0.05) is 4.47 Å². The van der Waals surface area contributed by atoms with E-state index in [9.17, 15) is 0 Å². The topological polar surface area (TPSA) is 18.5 Å². The van der Waals surface area contributed by atoms with Gasteiger partial charge in [-0.2, -0.15) is 0 Å². The second kappa shape index (κ2) is 4.41. The van der Waals surface area contributed by atoms with Gasteiger partial charge in [0.05, 0.1) is 0 Å². The van der Waals surface area contributed by atoms with Crippen molar-refractivity contribution in [1.29, 1.82) is 0 Å². The average Bonchev–Trinajstić information content (AvgIpc) is 2.39. The van der Waals surface area contributed by atoms with Crippen molar-refractivity contribution in [2.24, 2.45) is 0 Å². The summed E-state index contributed by atoms with van der Waals surface area (Å²) < 4.78 is 12.7. The first-order valence-electron chi connectivity index (χ1n) is 5.47. The maximum atomic E-state index is 5.92. The Bertz CT molecular complexity index is 522. The van der Waals surface area contributed by atoms with Gasteiger partial charge in [-0.1, -0.05) is 40.2 Å². The van der Waals surface area contributed by atoms with E-state index < -0.39 is 0 Å². The predicted molar refractivity (Wildman–Crippen MR) is 69.4 cm³/mol. The lowest BCUT2D eigenvalue weighted by molar-refractivity contribution is 0.0913. The normalized spacial score (nSPS) is 17.8. The molecule has 0 amide bonds. The summed E-state index contributed by atoms with van der Waals surface area (Å²) in [6.07, 6.45) is -0.0296. The van der Waals surface area contributed by atoms with Gasteiger partial charge in [-0.15, -0.1) is 0 Å². The molecule has 1 aliphatic heterocycles. The summed E-state index contributed by atoms with van der Waals surface area (Å²) in [6.45, 7) is 0.554. The number of rotatable bonds is 1. The Labute approximate surface area is 108 Å². The molecule has 0 bridgehead atoms. The zero-order chi connectivity index (χ0) is 11.7. The van der Waals surface area contributed by atoms with E-state index in [-0.39, 0.29) is 6.10 Å². The molecule has 0 spiro atoms. The van der Waals surface area contributed by atoms with E-state index in [0.29, 0.717) is 6.61 Å². The first-order chi connectivity index (χ1) is 8.33. The van der Waals surface area contributed by atoms with Crippen molar-refractivity contribution in [1.82, 2.24) is 0 Å². The molecule has 1 atom stereocenters. The van der Waals surface area contributed by atoms with Crippen LogP contribution in [0, 0.1) is 0 Å². The Balaban J connectivity index is 1.86. The van der Waals surface area contributed by atoms with Crippen molar-refractivity contribution in [3.8, 4) is 11.5 Å². The van der Waals surface area contributed by atoms with E-state index in [1.807, 2.05) is 48.5 Å². The molecule has 2 aromatic rings. The van der Waals surface area contributed by atoms with Gasteiger partial charge in [0.15, 0.2) is 17.6 Å². The van der Waals surface area contributed by atoms with Crippen molar-refractivity contribution < 1.29 is 9.47 Å². The molecule has 0 fully saturated rings. The number of halogens is 1. The molecular weight excluding hydrogens is 280 g/mol. The highest BCUT2D eigenvalue weighted by Gasteiger charge is 2.21. The van der Waals surface area contributed by atoms with Gasteiger partial charge in [0.2, 0.25) is 0 Å². The fourth-order valence-corrected chi connectivity index (χ4v) is 2.13. The number of hydrogen-bond acceptors (Lipinski definition) is 2. The summed E-state index contributed by atoms with van der Waals surface area (Å²) in [6, 6.07) is 15.9. The van der Waals surface area contributed by atoms with Crippen molar-refractivity contribution in [3.05, 3.63) is 58.6 Å². The predicted octanol–water partition coefficient (Wildman–Crippen LogP) is 3.96. The van der Waals surface area contributed by atoms with E-state index in [2.05, 4.69) is 15.9 Å². The molecular formula is C14H11BrO2. The lowest BCUT2D eigenvalue weighted by Gasteiger charge is -2.26. The third kappa shape index (κ3) is 2.15. The molecule has 0 radical (unpaired) electrons. The summed E-state index contributed by atoms with van der Waals surface area (Å²) in [4.78, 5) is 0. The van der Waals surface area contributed by atoms with E-state index in [1.54, 1.807) is 0 Å². The lowest BCUT2D eigenvalue weighted by Crippen LogP contribution is -2.21. The summed E-state index contributed by atoms with van der Waals surface area (Å²) in [5, 5.41) is 0. The largest absolute Gasteiger partial charge is 0.485 e. The van der Waals surface area contributed by atoms with E-state index >= 15 is 0 Å². The Morgan fingerprint density at radius 2 is 1.65 bits per heavy atom. The van der Waals surface area contributed by atoms with Crippen molar-refractivity contribution >= 4 is 15.9 Å². The molecule has 0 aliphatic carbocycles. The van der Waals surface area contributed by atoms with E-state index in [4.69, 9.17) is 9.47 Å². The Kier molecular flexibility index (Phi) is 2.77. The van der Waals surface area contributed by atoms with Crippen LogP contribution in [-0.2, 0) is 0 Å². The van der Waals surface area contributed by atoms with Crippen LogP contribution in [0.3, 0.4) is 0 Å². The number of hydrogen-bond donors (Lipinski definition) is 0. The average molecular weight is 291 g/mol. The molecule has 1 unspecified atom stereocenters. The number of fused-ring (bicyclic) bond motifs is 1. The van der Waals surface area contributed by atoms with Crippen LogP contribution in [0.2, 0.25) is 0 Å². The van der Waals surface area contributed by atoms with Crippen LogP contribution in [0.4, 0.5) is 0 Å². The monoisotopic (exact) mass is 290 g/mol. The molecule has 2 nitrogen and oxygen atoms in total. The molecule has 1 heterocycles. The maximum absolute atomic E-state index is 5.92. The van der Waals surface area contributed by atoms with Crippen molar-refractivity contribution in [3.63, 3.8) is 0 Å². The Hall–Kier alpha value is -1.48. The second-order valence-corrected chi connectivity index (χ2v) is 4.83. The summed E-state index contributed by atoms with van der Waals surface area (Å²) in [5.41, 5.74) is 1.13. The van der Waals surface area contributed by atoms with Gasteiger partial charge >= 0.3 is 0 Å². The van der Waals surface area contributed by atoms with E-state index in [1.165, 1.54) is 0 Å². The van der Waals surface area contributed by atoms with Gasteiger partial charge in [-0.05, 0) is 29.8 Å². The minimum absolute atomic E-state index is 0.0296. The Morgan fingerprint density at radius 1 is 0.941 bits per heavy atom. The van der Waals surface area contributed by atoms with Gasteiger partial charge < -0.3 is 9.47 Å². The van der Waals surface area contributed by atoms with Crippen LogP contribution >= 0.6 is 15.9 Å². The van der Waals surface area contributed by atoms with Crippen LogP contribution in [0.25, 0.3) is 0 Å². The second-order valence-electron chi connectivity index (χ2n) is 3.92. The minimum Gasteiger partial charge on any atom is -0.485 e. The zero-order valence-electron chi connectivity index (χ0n) is 9.10. The van der Waals surface area contributed by atoms with Crippen LogP contribution in [-0.4, -0.2) is 6.61 Å². The standard InChI is InChI=1S/C14H11BrO2/c15-11-7-5-10(6-8-11)14-9-16-12-3-1-2-4-13(12)17-14/h1-8,14H,9H2. The SMILES string of the molecule is Brc1ccc(C2COc3ccccc3O2)cc1. The zero-order valence-corrected chi connectivity index (χ0v) is 10.7. The van der Waals surface area contributed by atoms with Crippen LogP contribution in [0.1, 0.15) is 11.7 Å². The molecule has 0 saturated heterocycles. The molecule has 86 valence electrons.